The van der Waals surface area contributed by atoms with Crippen LogP contribution in [0.4, 0.5) is 0 Å². The standard InChI is InChI=1S/C17H30N2S/c1-5-17(6-2)13-18-16(14(3)4)12-19(17)10-9-15-8-7-11-20-15/h7-8,11,14,16,18H,5-6,9-10,12-13H2,1-4H3. The molecule has 0 saturated carbocycles. The molecule has 2 heterocycles. The van der Waals surface area contributed by atoms with Crippen LogP contribution in [0, 0.1) is 5.92 Å². The molecule has 114 valence electrons. The normalized spacial score (nSPS) is 23.4. The van der Waals surface area contributed by atoms with Crippen LogP contribution >= 0.6 is 11.3 Å². The van der Waals surface area contributed by atoms with Crippen molar-refractivity contribution in [2.24, 2.45) is 5.92 Å². The molecular formula is C17H30N2S. The third-order valence-corrected chi connectivity index (χ3v) is 6.05. The Morgan fingerprint density at radius 3 is 2.70 bits per heavy atom. The Labute approximate surface area is 128 Å². The van der Waals surface area contributed by atoms with Gasteiger partial charge >= 0.3 is 0 Å². The third-order valence-electron chi connectivity index (χ3n) is 5.11. The first-order valence-electron chi connectivity index (χ1n) is 8.12. The maximum atomic E-state index is 3.80. The maximum absolute atomic E-state index is 3.80. The van der Waals surface area contributed by atoms with Crippen molar-refractivity contribution in [3.05, 3.63) is 22.4 Å². The molecule has 1 atom stereocenters. The molecule has 0 aromatic carbocycles. The summed E-state index contributed by atoms with van der Waals surface area (Å²) in [5, 5.41) is 5.99. The fourth-order valence-electron chi connectivity index (χ4n) is 3.35. The summed E-state index contributed by atoms with van der Waals surface area (Å²) in [7, 11) is 0. The van der Waals surface area contributed by atoms with Gasteiger partial charge in [-0.05, 0) is 36.6 Å². The van der Waals surface area contributed by atoms with Gasteiger partial charge in [0.25, 0.3) is 0 Å². The van der Waals surface area contributed by atoms with Crippen molar-refractivity contribution in [1.29, 1.82) is 0 Å². The van der Waals surface area contributed by atoms with Gasteiger partial charge in [-0.1, -0.05) is 33.8 Å². The van der Waals surface area contributed by atoms with E-state index in [1.165, 1.54) is 37.2 Å². The molecule has 1 N–H and O–H groups in total. The highest BCUT2D eigenvalue weighted by Crippen LogP contribution is 2.29. The van der Waals surface area contributed by atoms with Crippen LogP contribution in [-0.4, -0.2) is 36.1 Å². The van der Waals surface area contributed by atoms with Crippen molar-refractivity contribution in [3.8, 4) is 0 Å². The van der Waals surface area contributed by atoms with Crippen molar-refractivity contribution in [3.63, 3.8) is 0 Å². The quantitative estimate of drug-likeness (QED) is 0.859. The second kappa shape index (κ2) is 7.06. The molecule has 1 unspecified atom stereocenters. The summed E-state index contributed by atoms with van der Waals surface area (Å²) in [6, 6.07) is 5.08. The number of hydrogen-bond acceptors (Lipinski definition) is 3. The molecule has 2 nitrogen and oxygen atoms in total. The van der Waals surface area contributed by atoms with Crippen molar-refractivity contribution in [2.45, 2.75) is 58.5 Å². The van der Waals surface area contributed by atoms with Gasteiger partial charge in [0.1, 0.15) is 0 Å². The number of nitrogens with one attached hydrogen (secondary N) is 1. The van der Waals surface area contributed by atoms with E-state index < -0.39 is 0 Å². The highest BCUT2D eigenvalue weighted by Gasteiger charge is 2.39. The lowest BCUT2D eigenvalue weighted by Crippen LogP contribution is -2.65. The van der Waals surface area contributed by atoms with E-state index in [2.05, 4.69) is 55.4 Å². The molecule has 1 saturated heterocycles. The molecule has 0 amide bonds. The summed E-state index contributed by atoms with van der Waals surface area (Å²) in [4.78, 5) is 4.29. The topological polar surface area (TPSA) is 15.3 Å². The van der Waals surface area contributed by atoms with Crippen molar-refractivity contribution < 1.29 is 0 Å². The Hall–Kier alpha value is -0.380. The predicted molar refractivity (Wildman–Crippen MR) is 89.5 cm³/mol. The van der Waals surface area contributed by atoms with Crippen molar-refractivity contribution >= 4 is 11.3 Å². The van der Waals surface area contributed by atoms with Gasteiger partial charge in [-0.2, -0.15) is 0 Å². The largest absolute Gasteiger partial charge is 0.311 e. The van der Waals surface area contributed by atoms with Crippen LogP contribution in [0.2, 0.25) is 0 Å². The van der Waals surface area contributed by atoms with E-state index in [1.54, 1.807) is 0 Å². The molecule has 3 heteroatoms. The van der Waals surface area contributed by atoms with Crippen LogP contribution in [0.1, 0.15) is 45.4 Å². The molecule has 0 spiro atoms. The van der Waals surface area contributed by atoms with Gasteiger partial charge < -0.3 is 5.32 Å². The molecule has 20 heavy (non-hydrogen) atoms. The van der Waals surface area contributed by atoms with E-state index in [-0.39, 0.29) is 0 Å². The highest BCUT2D eigenvalue weighted by molar-refractivity contribution is 7.09. The highest BCUT2D eigenvalue weighted by atomic mass is 32.1. The van der Waals surface area contributed by atoms with Crippen LogP contribution in [0.15, 0.2) is 17.5 Å². The molecular weight excluding hydrogens is 264 g/mol. The molecule has 0 aliphatic carbocycles. The van der Waals surface area contributed by atoms with E-state index in [0.29, 0.717) is 17.5 Å². The summed E-state index contributed by atoms with van der Waals surface area (Å²) in [5.74, 6) is 0.714. The summed E-state index contributed by atoms with van der Waals surface area (Å²) >= 11 is 1.89. The van der Waals surface area contributed by atoms with E-state index in [4.69, 9.17) is 0 Å². The number of rotatable bonds is 6. The SMILES string of the molecule is CCC1(CC)CNC(C(C)C)CN1CCc1cccs1. The van der Waals surface area contributed by atoms with Crippen molar-refractivity contribution in [2.75, 3.05) is 19.6 Å². The Kier molecular flexibility index (Phi) is 5.65. The summed E-state index contributed by atoms with van der Waals surface area (Å²) < 4.78 is 0. The predicted octanol–water partition coefficient (Wildman–Crippen LogP) is 3.78. The van der Waals surface area contributed by atoms with Gasteiger partial charge in [-0.25, -0.2) is 0 Å². The van der Waals surface area contributed by atoms with Crippen LogP contribution < -0.4 is 5.32 Å². The van der Waals surface area contributed by atoms with Crippen LogP contribution in [-0.2, 0) is 6.42 Å². The maximum Gasteiger partial charge on any atom is 0.0329 e. The van der Waals surface area contributed by atoms with Crippen molar-refractivity contribution in [1.82, 2.24) is 10.2 Å². The van der Waals surface area contributed by atoms with E-state index in [1.807, 2.05) is 11.3 Å². The Bertz CT molecular complexity index is 382. The van der Waals surface area contributed by atoms with Gasteiger partial charge in [0.15, 0.2) is 0 Å². The zero-order valence-electron chi connectivity index (χ0n) is 13.5. The Morgan fingerprint density at radius 2 is 2.15 bits per heavy atom. The summed E-state index contributed by atoms with van der Waals surface area (Å²) in [6.45, 7) is 12.9. The second-order valence-corrected chi connectivity index (χ2v) is 7.47. The first-order chi connectivity index (χ1) is 9.61. The molecule has 1 fully saturated rings. The van der Waals surface area contributed by atoms with E-state index in [9.17, 15) is 0 Å². The van der Waals surface area contributed by atoms with E-state index >= 15 is 0 Å². The van der Waals surface area contributed by atoms with Gasteiger partial charge in [-0.15, -0.1) is 11.3 Å². The molecule has 0 radical (unpaired) electrons. The number of nitrogens with zero attached hydrogens (tertiary/aromatic N) is 1. The van der Waals surface area contributed by atoms with Crippen LogP contribution in [0.25, 0.3) is 0 Å². The average molecular weight is 295 g/mol. The third kappa shape index (κ3) is 3.44. The summed E-state index contributed by atoms with van der Waals surface area (Å²) in [5.41, 5.74) is 0.364. The molecule has 1 aliphatic rings. The molecule has 0 bridgehead atoms. The van der Waals surface area contributed by atoms with Gasteiger partial charge in [0, 0.05) is 36.1 Å². The molecule has 2 rings (SSSR count). The van der Waals surface area contributed by atoms with Crippen LogP contribution in [0.5, 0.6) is 0 Å². The van der Waals surface area contributed by atoms with E-state index in [0.717, 1.165) is 6.54 Å². The Morgan fingerprint density at radius 1 is 1.40 bits per heavy atom. The zero-order chi connectivity index (χ0) is 14.6. The lowest BCUT2D eigenvalue weighted by atomic mass is 9.85. The lowest BCUT2D eigenvalue weighted by Gasteiger charge is -2.50. The van der Waals surface area contributed by atoms with Gasteiger partial charge in [-0.3, -0.25) is 4.90 Å². The zero-order valence-corrected chi connectivity index (χ0v) is 14.3. The minimum atomic E-state index is 0.364. The fourth-order valence-corrected chi connectivity index (χ4v) is 4.05. The average Bonchev–Trinajstić information content (AvgIpc) is 2.98. The smallest absolute Gasteiger partial charge is 0.0329 e. The number of thiophene rings is 1. The monoisotopic (exact) mass is 294 g/mol. The minimum absolute atomic E-state index is 0.364. The second-order valence-electron chi connectivity index (χ2n) is 6.44. The molecule has 1 aliphatic heterocycles. The van der Waals surface area contributed by atoms with Gasteiger partial charge in [0.05, 0.1) is 0 Å². The number of hydrogen-bond donors (Lipinski definition) is 1. The fraction of sp³-hybridized carbons (Fsp3) is 0.765. The first kappa shape index (κ1) is 16.0. The number of piperazine rings is 1. The molecule has 1 aromatic rings. The Balaban J connectivity index is 2.05. The first-order valence-corrected chi connectivity index (χ1v) is 9.00. The minimum Gasteiger partial charge on any atom is -0.311 e. The molecule has 1 aromatic heterocycles. The summed E-state index contributed by atoms with van der Waals surface area (Å²) in [6.07, 6.45) is 3.68. The van der Waals surface area contributed by atoms with Gasteiger partial charge in [0.2, 0.25) is 0 Å². The lowest BCUT2D eigenvalue weighted by molar-refractivity contribution is 0.0235. The van der Waals surface area contributed by atoms with Crippen LogP contribution in [0.3, 0.4) is 0 Å².